The van der Waals surface area contributed by atoms with Crippen molar-refractivity contribution in [1.29, 1.82) is 0 Å². The van der Waals surface area contributed by atoms with Gasteiger partial charge in [0.1, 0.15) is 12.0 Å². The minimum atomic E-state index is 0.0849. The summed E-state index contributed by atoms with van der Waals surface area (Å²) < 4.78 is 5.07. The van der Waals surface area contributed by atoms with E-state index in [1.807, 2.05) is 6.92 Å². The first-order valence-electron chi connectivity index (χ1n) is 6.47. The van der Waals surface area contributed by atoms with Crippen LogP contribution < -0.4 is 4.74 Å². The van der Waals surface area contributed by atoms with E-state index in [2.05, 4.69) is 0 Å². The van der Waals surface area contributed by atoms with Crippen molar-refractivity contribution < 1.29 is 14.3 Å². The summed E-state index contributed by atoms with van der Waals surface area (Å²) in [5.41, 5.74) is 2.62. The van der Waals surface area contributed by atoms with Crippen molar-refractivity contribution in [3.05, 3.63) is 41.0 Å². The van der Waals surface area contributed by atoms with Crippen LogP contribution in [0.5, 0.6) is 5.75 Å². The number of rotatable bonds is 5. The number of hydrogen-bond acceptors (Lipinski definition) is 3. The van der Waals surface area contributed by atoms with Gasteiger partial charge in [-0.3, -0.25) is 9.59 Å². The van der Waals surface area contributed by atoms with Gasteiger partial charge < -0.3 is 4.74 Å². The van der Waals surface area contributed by atoms with Crippen molar-refractivity contribution in [2.45, 2.75) is 26.2 Å². The van der Waals surface area contributed by atoms with Gasteiger partial charge in [-0.05, 0) is 55.5 Å². The van der Waals surface area contributed by atoms with Gasteiger partial charge in [0.15, 0.2) is 5.78 Å². The van der Waals surface area contributed by atoms with Gasteiger partial charge in [0, 0.05) is 12.0 Å². The van der Waals surface area contributed by atoms with Crippen LogP contribution in [-0.4, -0.2) is 19.2 Å². The lowest BCUT2D eigenvalue weighted by atomic mass is 9.93. The second-order valence-corrected chi connectivity index (χ2v) is 4.94. The third kappa shape index (κ3) is 2.92. The largest absolute Gasteiger partial charge is 0.497 e. The van der Waals surface area contributed by atoms with Crippen LogP contribution in [0.25, 0.3) is 0 Å². The first-order valence-corrected chi connectivity index (χ1v) is 6.47. The van der Waals surface area contributed by atoms with E-state index in [1.54, 1.807) is 31.4 Å². The average Bonchev–Trinajstić information content (AvgIpc) is 2.79. The van der Waals surface area contributed by atoms with Crippen molar-refractivity contribution in [3.8, 4) is 5.75 Å². The lowest BCUT2D eigenvalue weighted by Crippen LogP contribution is -2.09. The van der Waals surface area contributed by atoms with Crippen molar-refractivity contribution >= 4 is 12.1 Å². The predicted molar refractivity (Wildman–Crippen MR) is 73.4 cm³/mol. The molecule has 0 fully saturated rings. The number of methoxy groups -OCH3 is 1. The fraction of sp³-hybridized carbons (Fsp3) is 0.375. The molecule has 0 heterocycles. The Labute approximate surface area is 113 Å². The molecule has 1 aliphatic rings. The van der Waals surface area contributed by atoms with Gasteiger partial charge in [-0.25, -0.2) is 0 Å². The van der Waals surface area contributed by atoms with E-state index in [9.17, 15) is 9.59 Å². The summed E-state index contributed by atoms with van der Waals surface area (Å²) in [5.74, 6) is 0.913. The molecule has 0 spiro atoms. The summed E-state index contributed by atoms with van der Waals surface area (Å²) in [7, 11) is 1.60. The van der Waals surface area contributed by atoms with E-state index in [1.165, 1.54) is 0 Å². The first kappa shape index (κ1) is 13.5. The Bertz CT molecular complexity index is 511. The molecular formula is C16H18O3. The van der Waals surface area contributed by atoms with Crippen LogP contribution >= 0.6 is 0 Å². The van der Waals surface area contributed by atoms with Crippen molar-refractivity contribution in [1.82, 2.24) is 0 Å². The SMILES string of the molecule is COc1ccc(C(=O)C[C@H]2CCC(C)=C2C=O)cc1. The number of ketones is 1. The Hall–Kier alpha value is -1.90. The molecule has 2 rings (SSSR count). The molecule has 0 amide bonds. The average molecular weight is 258 g/mol. The third-order valence-corrected chi connectivity index (χ3v) is 3.77. The van der Waals surface area contributed by atoms with Gasteiger partial charge in [-0.15, -0.1) is 0 Å². The van der Waals surface area contributed by atoms with Crippen LogP contribution in [0.1, 0.15) is 36.5 Å². The Morgan fingerprint density at radius 1 is 1.37 bits per heavy atom. The molecule has 0 aliphatic heterocycles. The van der Waals surface area contributed by atoms with Crippen LogP contribution in [-0.2, 0) is 4.79 Å². The fourth-order valence-electron chi connectivity index (χ4n) is 2.57. The molecule has 0 saturated heterocycles. The highest BCUT2D eigenvalue weighted by atomic mass is 16.5. The zero-order valence-electron chi connectivity index (χ0n) is 11.3. The molecule has 1 aliphatic carbocycles. The zero-order valence-corrected chi connectivity index (χ0v) is 11.3. The molecule has 0 N–H and O–H groups in total. The molecule has 100 valence electrons. The molecule has 0 unspecified atom stereocenters. The lowest BCUT2D eigenvalue weighted by Gasteiger charge is -2.10. The summed E-state index contributed by atoms with van der Waals surface area (Å²) in [6, 6.07) is 7.10. The zero-order chi connectivity index (χ0) is 13.8. The van der Waals surface area contributed by atoms with E-state index in [0.29, 0.717) is 12.0 Å². The topological polar surface area (TPSA) is 43.4 Å². The van der Waals surface area contributed by atoms with Gasteiger partial charge in [0.25, 0.3) is 0 Å². The van der Waals surface area contributed by atoms with E-state index < -0.39 is 0 Å². The van der Waals surface area contributed by atoms with Crippen LogP contribution in [0, 0.1) is 5.92 Å². The normalized spacial score (nSPS) is 18.5. The Kier molecular flexibility index (Phi) is 4.15. The molecule has 19 heavy (non-hydrogen) atoms. The number of Topliss-reactive ketones (excluding diaryl/α,β-unsaturated/α-hetero) is 1. The summed E-state index contributed by atoms with van der Waals surface area (Å²) >= 11 is 0. The molecule has 0 bridgehead atoms. The van der Waals surface area contributed by atoms with Gasteiger partial charge in [0.2, 0.25) is 0 Å². The number of aldehydes is 1. The number of carbonyl (C=O) groups is 2. The lowest BCUT2D eigenvalue weighted by molar-refractivity contribution is -0.105. The standard InChI is InChI=1S/C16H18O3/c1-11-3-4-13(15(11)10-17)9-16(18)12-5-7-14(19-2)8-6-12/h5-8,10,13H,3-4,9H2,1-2H3/t13-/m1/s1. The maximum Gasteiger partial charge on any atom is 0.163 e. The maximum absolute atomic E-state index is 12.2. The number of carbonyl (C=O) groups excluding carboxylic acids is 2. The number of allylic oxidation sites excluding steroid dienone is 2. The molecule has 3 nitrogen and oxygen atoms in total. The summed E-state index contributed by atoms with van der Waals surface area (Å²) in [6.07, 6.45) is 3.16. The molecule has 1 aromatic rings. The summed E-state index contributed by atoms with van der Waals surface area (Å²) in [6.45, 7) is 1.97. The van der Waals surface area contributed by atoms with Crippen molar-refractivity contribution in [3.63, 3.8) is 0 Å². The van der Waals surface area contributed by atoms with Gasteiger partial charge in [-0.1, -0.05) is 5.57 Å². The minimum absolute atomic E-state index is 0.0849. The van der Waals surface area contributed by atoms with Gasteiger partial charge in [0.05, 0.1) is 7.11 Å². The van der Waals surface area contributed by atoms with Gasteiger partial charge in [-0.2, -0.15) is 0 Å². The van der Waals surface area contributed by atoms with Crippen LogP contribution in [0.4, 0.5) is 0 Å². The van der Waals surface area contributed by atoms with E-state index in [4.69, 9.17) is 4.74 Å². The molecule has 0 radical (unpaired) electrons. The number of ether oxygens (including phenoxy) is 1. The second-order valence-electron chi connectivity index (χ2n) is 4.94. The molecule has 1 atom stereocenters. The third-order valence-electron chi connectivity index (χ3n) is 3.77. The molecule has 3 heteroatoms. The second kappa shape index (κ2) is 5.83. The highest BCUT2D eigenvalue weighted by Crippen LogP contribution is 2.33. The summed E-state index contributed by atoms with van der Waals surface area (Å²) in [4.78, 5) is 23.2. The van der Waals surface area contributed by atoms with Crippen LogP contribution in [0.2, 0.25) is 0 Å². The maximum atomic E-state index is 12.2. The quantitative estimate of drug-likeness (QED) is 0.601. The fourth-order valence-corrected chi connectivity index (χ4v) is 2.57. The Morgan fingerprint density at radius 2 is 2.05 bits per heavy atom. The van der Waals surface area contributed by atoms with E-state index >= 15 is 0 Å². The molecule has 0 saturated carbocycles. The van der Waals surface area contributed by atoms with Gasteiger partial charge >= 0.3 is 0 Å². The Balaban J connectivity index is 2.07. The van der Waals surface area contributed by atoms with E-state index in [-0.39, 0.29) is 11.7 Å². The number of benzene rings is 1. The summed E-state index contributed by atoms with van der Waals surface area (Å²) in [5, 5.41) is 0. The monoisotopic (exact) mass is 258 g/mol. The number of hydrogen-bond donors (Lipinski definition) is 0. The molecule has 0 aromatic heterocycles. The predicted octanol–water partition coefficient (Wildman–Crippen LogP) is 3.19. The van der Waals surface area contributed by atoms with Crippen molar-refractivity contribution in [2.24, 2.45) is 5.92 Å². The Morgan fingerprint density at radius 3 is 2.63 bits per heavy atom. The smallest absolute Gasteiger partial charge is 0.163 e. The molecular weight excluding hydrogens is 240 g/mol. The molecule has 1 aromatic carbocycles. The van der Waals surface area contributed by atoms with Crippen LogP contribution in [0.15, 0.2) is 35.4 Å². The first-order chi connectivity index (χ1) is 9.15. The highest BCUT2D eigenvalue weighted by Gasteiger charge is 2.25. The van der Waals surface area contributed by atoms with Crippen molar-refractivity contribution in [2.75, 3.05) is 7.11 Å². The minimum Gasteiger partial charge on any atom is -0.497 e. The van der Waals surface area contributed by atoms with Crippen LogP contribution in [0.3, 0.4) is 0 Å². The highest BCUT2D eigenvalue weighted by molar-refractivity contribution is 5.97. The van der Waals surface area contributed by atoms with E-state index in [0.717, 1.165) is 36.0 Å².